The van der Waals surface area contributed by atoms with Crippen molar-refractivity contribution in [2.24, 2.45) is 0 Å². The smallest absolute Gasteiger partial charge is 0.137 e. The number of hydrogen-bond donors (Lipinski definition) is 1. The molecule has 2 aromatic carbocycles. The van der Waals surface area contributed by atoms with Crippen LogP contribution in [0, 0.1) is 0 Å². The van der Waals surface area contributed by atoms with Gasteiger partial charge in [0.25, 0.3) is 0 Å². The van der Waals surface area contributed by atoms with Gasteiger partial charge in [-0.15, -0.1) is 0 Å². The van der Waals surface area contributed by atoms with Gasteiger partial charge in [0.2, 0.25) is 0 Å². The topological polar surface area (TPSA) is 29.5 Å². The molecule has 0 bridgehead atoms. The summed E-state index contributed by atoms with van der Waals surface area (Å²) < 4.78 is 5.93. The molecular weight excluding hydrogens is 351 g/mol. The predicted octanol–water partition coefficient (Wildman–Crippen LogP) is 4.85. The summed E-state index contributed by atoms with van der Waals surface area (Å²) in [5, 5.41) is 11.3. The first-order valence-electron chi connectivity index (χ1n) is 5.49. The summed E-state index contributed by atoms with van der Waals surface area (Å²) in [5.41, 5.74) is 1.28. The van der Waals surface area contributed by atoms with E-state index in [4.69, 9.17) is 27.9 Å². The Kier molecular flexibility index (Phi) is 4.74. The number of aliphatic hydroxyl groups excluding tert-OH is 1. The fourth-order valence-corrected chi connectivity index (χ4v) is 2.62. The number of benzene rings is 2. The van der Waals surface area contributed by atoms with Crippen molar-refractivity contribution in [3.63, 3.8) is 0 Å². The number of rotatable bonds is 3. The highest BCUT2D eigenvalue weighted by Crippen LogP contribution is 2.34. The van der Waals surface area contributed by atoms with Gasteiger partial charge in [0.15, 0.2) is 0 Å². The maximum atomic E-state index is 10.4. The Bertz CT molecular complexity index is 602. The lowest BCUT2D eigenvalue weighted by atomic mass is 10.0. The van der Waals surface area contributed by atoms with Crippen LogP contribution in [0.2, 0.25) is 10.0 Å². The van der Waals surface area contributed by atoms with Crippen LogP contribution in [0.25, 0.3) is 0 Å². The summed E-state index contributed by atoms with van der Waals surface area (Å²) >= 11 is 15.5. The molecule has 100 valence electrons. The van der Waals surface area contributed by atoms with Crippen LogP contribution in [-0.2, 0) is 0 Å². The highest BCUT2D eigenvalue weighted by Gasteiger charge is 2.16. The molecule has 0 aliphatic rings. The average molecular weight is 362 g/mol. The zero-order valence-corrected chi connectivity index (χ0v) is 13.1. The summed E-state index contributed by atoms with van der Waals surface area (Å²) in [6.07, 6.45) is -0.839. The Morgan fingerprint density at radius 3 is 2.47 bits per heavy atom. The Balaban J connectivity index is 2.41. The molecule has 1 unspecified atom stereocenters. The molecule has 0 saturated heterocycles. The maximum absolute atomic E-state index is 10.4. The summed E-state index contributed by atoms with van der Waals surface area (Å²) in [6, 6.07) is 10.5. The molecule has 19 heavy (non-hydrogen) atoms. The van der Waals surface area contributed by atoms with Gasteiger partial charge in [0, 0.05) is 15.1 Å². The van der Waals surface area contributed by atoms with Crippen LogP contribution >= 0.6 is 39.1 Å². The summed E-state index contributed by atoms with van der Waals surface area (Å²) in [4.78, 5) is 0. The molecule has 0 aliphatic heterocycles. The monoisotopic (exact) mass is 360 g/mol. The van der Waals surface area contributed by atoms with Crippen LogP contribution in [0.3, 0.4) is 0 Å². The van der Waals surface area contributed by atoms with Crippen molar-refractivity contribution in [3.05, 3.63) is 62.0 Å². The van der Waals surface area contributed by atoms with Crippen molar-refractivity contribution in [2.75, 3.05) is 7.11 Å². The van der Waals surface area contributed by atoms with Crippen molar-refractivity contribution in [1.29, 1.82) is 0 Å². The molecule has 0 saturated carbocycles. The number of methoxy groups -OCH3 is 1. The highest BCUT2D eigenvalue weighted by molar-refractivity contribution is 9.10. The minimum absolute atomic E-state index is 0.449. The van der Waals surface area contributed by atoms with Gasteiger partial charge >= 0.3 is 0 Å². The molecule has 0 heterocycles. The molecule has 0 aliphatic carbocycles. The lowest BCUT2D eigenvalue weighted by Crippen LogP contribution is -2.01. The normalized spacial score (nSPS) is 12.3. The molecule has 2 nitrogen and oxygen atoms in total. The van der Waals surface area contributed by atoms with E-state index in [1.807, 2.05) is 6.07 Å². The number of ether oxygens (including phenoxy) is 1. The van der Waals surface area contributed by atoms with E-state index < -0.39 is 6.10 Å². The minimum Gasteiger partial charge on any atom is -0.495 e. The second kappa shape index (κ2) is 6.14. The van der Waals surface area contributed by atoms with Crippen LogP contribution in [0.15, 0.2) is 40.9 Å². The number of halogens is 3. The van der Waals surface area contributed by atoms with Crippen molar-refractivity contribution < 1.29 is 9.84 Å². The third kappa shape index (κ3) is 3.23. The van der Waals surface area contributed by atoms with Gasteiger partial charge in [-0.2, -0.15) is 0 Å². The van der Waals surface area contributed by atoms with E-state index in [1.165, 1.54) is 0 Å². The highest BCUT2D eigenvalue weighted by atomic mass is 79.9. The van der Waals surface area contributed by atoms with Gasteiger partial charge in [-0.3, -0.25) is 0 Å². The van der Waals surface area contributed by atoms with Gasteiger partial charge in [-0.05, 0) is 35.9 Å². The fourth-order valence-electron chi connectivity index (χ4n) is 1.76. The molecule has 0 fully saturated rings. The molecule has 0 spiro atoms. The molecule has 0 amide bonds. The SMILES string of the molecule is COc1ccc(C(O)c2cc(Br)ccc2Cl)cc1Cl. The molecule has 1 atom stereocenters. The predicted molar refractivity (Wildman–Crippen MR) is 81.2 cm³/mol. The van der Waals surface area contributed by atoms with E-state index in [-0.39, 0.29) is 0 Å². The van der Waals surface area contributed by atoms with E-state index in [2.05, 4.69) is 15.9 Å². The minimum atomic E-state index is -0.839. The standard InChI is InChI=1S/C14H11BrCl2O2/c1-19-13-5-2-8(6-12(13)17)14(18)10-7-9(15)3-4-11(10)16/h2-7,14,18H,1H3. The first-order valence-corrected chi connectivity index (χ1v) is 7.04. The first kappa shape index (κ1) is 14.7. The van der Waals surface area contributed by atoms with Crippen LogP contribution < -0.4 is 4.74 Å². The largest absolute Gasteiger partial charge is 0.495 e. The van der Waals surface area contributed by atoms with E-state index in [0.29, 0.717) is 26.9 Å². The molecule has 1 N–H and O–H groups in total. The Morgan fingerprint density at radius 2 is 1.84 bits per heavy atom. The maximum Gasteiger partial charge on any atom is 0.137 e. The Morgan fingerprint density at radius 1 is 1.11 bits per heavy atom. The van der Waals surface area contributed by atoms with Crippen molar-refractivity contribution in [2.45, 2.75) is 6.10 Å². The summed E-state index contributed by atoms with van der Waals surface area (Å²) in [7, 11) is 1.54. The second-order valence-electron chi connectivity index (χ2n) is 3.96. The lowest BCUT2D eigenvalue weighted by molar-refractivity contribution is 0.220. The Labute approximate surface area is 130 Å². The Hall–Kier alpha value is -0.740. The van der Waals surface area contributed by atoms with E-state index in [1.54, 1.807) is 37.4 Å². The molecule has 2 rings (SSSR count). The van der Waals surface area contributed by atoms with Crippen molar-refractivity contribution in [1.82, 2.24) is 0 Å². The molecule has 0 aromatic heterocycles. The third-order valence-corrected chi connectivity index (χ3v) is 3.88. The molecular formula is C14H11BrCl2O2. The van der Waals surface area contributed by atoms with Crippen LogP contribution in [0.5, 0.6) is 5.75 Å². The van der Waals surface area contributed by atoms with Gasteiger partial charge in [0.05, 0.1) is 12.1 Å². The summed E-state index contributed by atoms with van der Waals surface area (Å²) in [5.74, 6) is 0.568. The van der Waals surface area contributed by atoms with E-state index in [9.17, 15) is 5.11 Å². The van der Waals surface area contributed by atoms with Crippen molar-refractivity contribution in [3.8, 4) is 5.75 Å². The van der Waals surface area contributed by atoms with Crippen molar-refractivity contribution >= 4 is 39.1 Å². The van der Waals surface area contributed by atoms with Gasteiger partial charge in [-0.25, -0.2) is 0 Å². The molecule has 0 radical (unpaired) electrons. The number of aliphatic hydroxyl groups is 1. The molecule has 5 heteroatoms. The van der Waals surface area contributed by atoms with Crippen LogP contribution in [0.4, 0.5) is 0 Å². The molecule has 2 aromatic rings. The van der Waals surface area contributed by atoms with E-state index >= 15 is 0 Å². The van der Waals surface area contributed by atoms with E-state index in [0.717, 1.165) is 4.47 Å². The van der Waals surface area contributed by atoms with Crippen LogP contribution in [0.1, 0.15) is 17.2 Å². The van der Waals surface area contributed by atoms with Gasteiger partial charge < -0.3 is 9.84 Å². The average Bonchev–Trinajstić information content (AvgIpc) is 2.40. The third-order valence-electron chi connectivity index (χ3n) is 2.74. The first-order chi connectivity index (χ1) is 9.02. The van der Waals surface area contributed by atoms with Gasteiger partial charge in [-0.1, -0.05) is 45.2 Å². The zero-order valence-electron chi connectivity index (χ0n) is 10.0. The summed E-state index contributed by atoms with van der Waals surface area (Å²) in [6.45, 7) is 0. The van der Waals surface area contributed by atoms with Crippen LogP contribution in [-0.4, -0.2) is 12.2 Å². The fraction of sp³-hybridized carbons (Fsp3) is 0.143. The number of hydrogen-bond acceptors (Lipinski definition) is 2. The zero-order chi connectivity index (χ0) is 14.0. The second-order valence-corrected chi connectivity index (χ2v) is 5.69. The van der Waals surface area contributed by atoms with Gasteiger partial charge in [0.1, 0.15) is 11.9 Å². The lowest BCUT2D eigenvalue weighted by Gasteiger charge is -2.15. The quantitative estimate of drug-likeness (QED) is 0.846.